The standard InChI is InChI=1S/C16H13F2NS/c17-14-5-7-16(8-6-14)20-11-13-3-4-15(18)10-12(13)2-1-9-19/h3-8,10H,9,11,19H2. The zero-order valence-corrected chi connectivity index (χ0v) is 11.5. The first-order valence-corrected chi connectivity index (χ1v) is 7.03. The topological polar surface area (TPSA) is 26.0 Å². The first kappa shape index (κ1) is 14.6. The molecule has 2 aromatic rings. The van der Waals surface area contributed by atoms with E-state index in [1.54, 1.807) is 30.0 Å². The summed E-state index contributed by atoms with van der Waals surface area (Å²) in [5.41, 5.74) is 6.91. The van der Waals surface area contributed by atoms with E-state index in [4.69, 9.17) is 5.73 Å². The molecule has 0 aliphatic rings. The summed E-state index contributed by atoms with van der Waals surface area (Å²) >= 11 is 1.55. The molecule has 2 N–H and O–H groups in total. The molecule has 0 aliphatic carbocycles. The van der Waals surface area contributed by atoms with Gasteiger partial charge in [0.15, 0.2) is 0 Å². The lowest BCUT2D eigenvalue weighted by Crippen LogP contribution is -1.95. The molecule has 0 spiro atoms. The number of thioether (sulfide) groups is 1. The molecule has 0 amide bonds. The van der Waals surface area contributed by atoms with Gasteiger partial charge in [0.05, 0.1) is 6.54 Å². The Balaban J connectivity index is 2.14. The zero-order valence-electron chi connectivity index (χ0n) is 10.7. The van der Waals surface area contributed by atoms with Crippen molar-refractivity contribution in [1.82, 2.24) is 0 Å². The van der Waals surface area contributed by atoms with Gasteiger partial charge in [-0.25, -0.2) is 8.78 Å². The fraction of sp³-hybridized carbons (Fsp3) is 0.125. The second-order valence-corrected chi connectivity index (χ2v) is 5.10. The van der Waals surface area contributed by atoms with E-state index in [2.05, 4.69) is 11.8 Å². The quantitative estimate of drug-likeness (QED) is 0.690. The van der Waals surface area contributed by atoms with Crippen molar-refractivity contribution in [3.05, 3.63) is 65.2 Å². The monoisotopic (exact) mass is 289 g/mol. The molecule has 102 valence electrons. The minimum Gasteiger partial charge on any atom is -0.320 e. The molecule has 0 aliphatic heterocycles. The molecule has 0 atom stereocenters. The van der Waals surface area contributed by atoms with Crippen molar-refractivity contribution < 1.29 is 8.78 Å². The summed E-state index contributed by atoms with van der Waals surface area (Å²) in [6.45, 7) is 0.237. The molecule has 0 heterocycles. The predicted octanol–water partition coefficient (Wildman–Crippen LogP) is 3.57. The van der Waals surface area contributed by atoms with Crippen molar-refractivity contribution >= 4 is 11.8 Å². The molecule has 1 nitrogen and oxygen atoms in total. The highest BCUT2D eigenvalue weighted by Crippen LogP contribution is 2.24. The first-order valence-electron chi connectivity index (χ1n) is 6.05. The lowest BCUT2D eigenvalue weighted by atomic mass is 10.1. The SMILES string of the molecule is NCC#Cc1cc(F)ccc1CSc1ccc(F)cc1. The van der Waals surface area contributed by atoms with Crippen LogP contribution < -0.4 is 5.73 Å². The number of hydrogen-bond donors (Lipinski definition) is 1. The Morgan fingerprint density at radius 2 is 1.70 bits per heavy atom. The minimum absolute atomic E-state index is 0.237. The molecular formula is C16H13F2NS. The van der Waals surface area contributed by atoms with Gasteiger partial charge in [-0.15, -0.1) is 11.8 Å². The highest BCUT2D eigenvalue weighted by molar-refractivity contribution is 7.98. The highest BCUT2D eigenvalue weighted by Gasteiger charge is 2.03. The third kappa shape index (κ3) is 4.09. The fourth-order valence-electron chi connectivity index (χ4n) is 1.63. The van der Waals surface area contributed by atoms with Gasteiger partial charge in [0, 0.05) is 16.2 Å². The van der Waals surface area contributed by atoms with E-state index >= 15 is 0 Å². The van der Waals surface area contributed by atoms with E-state index in [-0.39, 0.29) is 18.2 Å². The van der Waals surface area contributed by atoms with Gasteiger partial charge >= 0.3 is 0 Å². The molecule has 0 saturated heterocycles. The van der Waals surface area contributed by atoms with Gasteiger partial charge in [0.25, 0.3) is 0 Å². The van der Waals surface area contributed by atoms with E-state index in [1.165, 1.54) is 24.3 Å². The summed E-state index contributed by atoms with van der Waals surface area (Å²) in [4.78, 5) is 0.952. The molecule has 0 fully saturated rings. The van der Waals surface area contributed by atoms with Crippen LogP contribution in [0.4, 0.5) is 8.78 Å². The van der Waals surface area contributed by atoms with Gasteiger partial charge < -0.3 is 5.73 Å². The summed E-state index contributed by atoms with van der Waals surface area (Å²) in [7, 11) is 0. The van der Waals surface area contributed by atoms with Crippen LogP contribution in [0.1, 0.15) is 11.1 Å². The van der Waals surface area contributed by atoms with E-state index < -0.39 is 0 Å². The normalized spacial score (nSPS) is 9.95. The Hall–Kier alpha value is -1.83. The maximum Gasteiger partial charge on any atom is 0.124 e. The zero-order chi connectivity index (χ0) is 14.4. The third-order valence-electron chi connectivity index (χ3n) is 2.61. The van der Waals surface area contributed by atoms with E-state index in [0.29, 0.717) is 11.3 Å². The van der Waals surface area contributed by atoms with Gasteiger partial charge in [-0.2, -0.15) is 0 Å². The van der Waals surface area contributed by atoms with Crippen molar-refractivity contribution in [2.45, 2.75) is 10.6 Å². The Bertz CT molecular complexity index is 642. The molecular weight excluding hydrogens is 276 g/mol. The number of benzene rings is 2. The number of halogens is 2. The molecule has 0 aromatic heterocycles. The molecule has 0 saturated carbocycles. The van der Waals surface area contributed by atoms with Crippen molar-refractivity contribution in [2.75, 3.05) is 6.54 Å². The molecule has 4 heteroatoms. The van der Waals surface area contributed by atoms with Crippen molar-refractivity contribution in [3.8, 4) is 11.8 Å². The average Bonchev–Trinajstić information content (AvgIpc) is 2.46. The highest BCUT2D eigenvalue weighted by atomic mass is 32.2. The lowest BCUT2D eigenvalue weighted by molar-refractivity contribution is 0.626. The molecule has 2 rings (SSSR count). The lowest BCUT2D eigenvalue weighted by Gasteiger charge is -2.05. The molecule has 20 heavy (non-hydrogen) atoms. The second-order valence-electron chi connectivity index (χ2n) is 4.05. The molecule has 2 aromatic carbocycles. The van der Waals surface area contributed by atoms with Crippen LogP contribution in [0.2, 0.25) is 0 Å². The molecule has 0 bridgehead atoms. The Kier molecular flexibility index (Phi) is 5.16. The average molecular weight is 289 g/mol. The Labute approximate surface area is 121 Å². The van der Waals surface area contributed by atoms with Gasteiger partial charge in [0.1, 0.15) is 11.6 Å². The van der Waals surface area contributed by atoms with Gasteiger partial charge in [-0.3, -0.25) is 0 Å². The predicted molar refractivity (Wildman–Crippen MR) is 78.3 cm³/mol. The fourth-order valence-corrected chi connectivity index (χ4v) is 2.53. The molecule has 0 unspecified atom stereocenters. The maximum atomic E-state index is 13.2. The van der Waals surface area contributed by atoms with Crippen LogP contribution in [0.15, 0.2) is 47.4 Å². The smallest absolute Gasteiger partial charge is 0.124 e. The summed E-state index contributed by atoms with van der Waals surface area (Å²) in [6, 6.07) is 10.8. The largest absolute Gasteiger partial charge is 0.320 e. The Morgan fingerprint density at radius 3 is 2.40 bits per heavy atom. The molecule has 0 radical (unpaired) electrons. The van der Waals surface area contributed by atoms with Crippen LogP contribution in [0, 0.1) is 23.5 Å². The summed E-state index contributed by atoms with van der Waals surface area (Å²) in [5.74, 6) is 5.66. The van der Waals surface area contributed by atoms with Crippen LogP contribution in [-0.4, -0.2) is 6.54 Å². The van der Waals surface area contributed by atoms with E-state index in [9.17, 15) is 8.78 Å². The van der Waals surface area contributed by atoms with Gasteiger partial charge in [-0.05, 0) is 42.0 Å². The van der Waals surface area contributed by atoms with Crippen LogP contribution in [0.3, 0.4) is 0 Å². The summed E-state index contributed by atoms with van der Waals surface area (Å²) in [5, 5.41) is 0. The van der Waals surface area contributed by atoms with Crippen LogP contribution >= 0.6 is 11.8 Å². The van der Waals surface area contributed by atoms with Crippen molar-refractivity contribution in [3.63, 3.8) is 0 Å². The van der Waals surface area contributed by atoms with E-state index in [1.807, 2.05) is 0 Å². The van der Waals surface area contributed by atoms with Gasteiger partial charge in [0.2, 0.25) is 0 Å². The number of rotatable bonds is 3. The number of nitrogens with two attached hydrogens (primary N) is 1. The van der Waals surface area contributed by atoms with Crippen LogP contribution in [0.5, 0.6) is 0 Å². The Morgan fingerprint density at radius 1 is 1.00 bits per heavy atom. The summed E-state index contributed by atoms with van der Waals surface area (Å²) < 4.78 is 26.1. The third-order valence-corrected chi connectivity index (χ3v) is 3.67. The second kappa shape index (κ2) is 7.09. The van der Waals surface area contributed by atoms with Crippen molar-refractivity contribution in [2.24, 2.45) is 5.73 Å². The minimum atomic E-state index is -0.318. The van der Waals surface area contributed by atoms with Crippen LogP contribution in [-0.2, 0) is 5.75 Å². The maximum absolute atomic E-state index is 13.2. The first-order chi connectivity index (χ1) is 9.69. The van der Waals surface area contributed by atoms with Crippen molar-refractivity contribution in [1.29, 1.82) is 0 Å². The van der Waals surface area contributed by atoms with E-state index in [0.717, 1.165) is 10.5 Å². The van der Waals surface area contributed by atoms with Gasteiger partial charge in [-0.1, -0.05) is 17.9 Å². The number of hydrogen-bond acceptors (Lipinski definition) is 2. The summed E-state index contributed by atoms with van der Waals surface area (Å²) in [6.07, 6.45) is 0. The van der Waals surface area contributed by atoms with Crippen LogP contribution in [0.25, 0.3) is 0 Å².